The van der Waals surface area contributed by atoms with Gasteiger partial charge in [0, 0.05) is 30.3 Å². The van der Waals surface area contributed by atoms with Gasteiger partial charge >= 0.3 is 0 Å². The van der Waals surface area contributed by atoms with E-state index in [9.17, 15) is 9.59 Å². The third kappa shape index (κ3) is 3.79. The van der Waals surface area contributed by atoms with Gasteiger partial charge in [0.25, 0.3) is 0 Å². The summed E-state index contributed by atoms with van der Waals surface area (Å²) in [7, 11) is 0. The number of benzene rings is 1. The fourth-order valence-corrected chi connectivity index (χ4v) is 1.77. The Labute approximate surface area is 112 Å². The standard InChI is InChI=1S/C14H19N3O2/c1-9-2-5-11(16-14(19)10-3-4-10)8-12(9)17-13(18)6-7-15/h2,5,8,10H,3-4,6-7,15H2,1H3,(H,16,19)(H,17,18). The number of hydrogen-bond donors (Lipinski definition) is 3. The predicted molar refractivity (Wildman–Crippen MR) is 74.8 cm³/mol. The third-order valence-electron chi connectivity index (χ3n) is 3.10. The molecule has 0 aromatic heterocycles. The molecule has 102 valence electrons. The van der Waals surface area contributed by atoms with Gasteiger partial charge in [-0.2, -0.15) is 0 Å². The number of aryl methyl sites for hydroxylation is 1. The lowest BCUT2D eigenvalue weighted by Gasteiger charge is -2.11. The maximum Gasteiger partial charge on any atom is 0.227 e. The second-order valence-corrected chi connectivity index (χ2v) is 4.88. The lowest BCUT2D eigenvalue weighted by Crippen LogP contribution is -2.17. The molecule has 0 aliphatic heterocycles. The van der Waals surface area contributed by atoms with Gasteiger partial charge in [-0.15, -0.1) is 0 Å². The van der Waals surface area contributed by atoms with Crippen LogP contribution in [0, 0.1) is 12.8 Å². The van der Waals surface area contributed by atoms with Crippen LogP contribution in [0.15, 0.2) is 18.2 Å². The zero-order valence-corrected chi connectivity index (χ0v) is 11.0. The number of carbonyl (C=O) groups excluding carboxylic acids is 2. The smallest absolute Gasteiger partial charge is 0.227 e. The fraction of sp³-hybridized carbons (Fsp3) is 0.429. The van der Waals surface area contributed by atoms with Crippen molar-refractivity contribution in [3.8, 4) is 0 Å². The Morgan fingerprint density at radius 2 is 2.05 bits per heavy atom. The second-order valence-electron chi connectivity index (χ2n) is 4.88. The van der Waals surface area contributed by atoms with Gasteiger partial charge in [0.1, 0.15) is 0 Å². The number of carbonyl (C=O) groups is 2. The highest BCUT2D eigenvalue weighted by Crippen LogP contribution is 2.30. The lowest BCUT2D eigenvalue weighted by molar-refractivity contribution is -0.117. The van der Waals surface area contributed by atoms with Crippen molar-refractivity contribution in [2.75, 3.05) is 17.2 Å². The molecule has 0 radical (unpaired) electrons. The Bertz CT molecular complexity index is 495. The van der Waals surface area contributed by atoms with Crippen LogP contribution < -0.4 is 16.4 Å². The Kier molecular flexibility index (Phi) is 4.16. The molecule has 0 atom stereocenters. The first kappa shape index (κ1) is 13.5. The first-order chi connectivity index (χ1) is 9.10. The number of anilines is 2. The third-order valence-corrected chi connectivity index (χ3v) is 3.10. The van der Waals surface area contributed by atoms with Gasteiger partial charge in [-0.1, -0.05) is 6.07 Å². The van der Waals surface area contributed by atoms with E-state index >= 15 is 0 Å². The van der Waals surface area contributed by atoms with E-state index < -0.39 is 0 Å². The highest BCUT2D eigenvalue weighted by molar-refractivity contribution is 5.96. The second kappa shape index (κ2) is 5.84. The van der Waals surface area contributed by atoms with Crippen molar-refractivity contribution in [3.05, 3.63) is 23.8 Å². The molecule has 0 unspecified atom stereocenters. The highest BCUT2D eigenvalue weighted by atomic mass is 16.2. The molecule has 2 amide bonds. The largest absolute Gasteiger partial charge is 0.330 e. The fourth-order valence-electron chi connectivity index (χ4n) is 1.77. The quantitative estimate of drug-likeness (QED) is 0.753. The number of nitrogens with one attached hydrogen (secondary N) is 2. The molecular weight excluding hydrogens is 242 g/mol. The van der Waals surface area contributed by atoms with Crippen molar-refractivity contribution in [2.45, 2.75) is 26.2 Å². The maximum absolute atomic E-state index is 11.7. The van der Waals surface area contributed by atoms with Crippen LogP contribution in [0.25, 0.3) is 0 Å². The molecule has 5 nitrogen and oxygen atoms in total. The summed E-state index contributed by atoms with van der Waals surface area (Å²) in [5, 5.41) is 5.66. The van der Waals surface area contributed by atoms with Crippen molar-refractivity contribution in [2.24, 2.45) is 11.7 Å². The van der Waals surface area contributed by atoms with Crippen LogP contribution in [0.2, 0.25) is 0 Å². The SMILES string of the molecule is Cc1ccc(NC(=O)C2CC2)cc1NC(=O)CCN. The van der Waals surface area contributed by atoms with E-state index in [1.54, 1.807) is 6.07 Å². The molecule has 5 heteroatoms. The number of nitrogens with two attached hydrogens (primary N) is 1. The van der Waals surface area contributed by atoms with Crippen LogP contribution in [0.1, 0.15) is 24.8 Å². The van der Waals surface area contributed by atoms with E-state index in [0.717, 1.165) is 18.4 Å². The minimum absolute atomic E-state index is 0.0584. The molecule has 1 aromatic carbocycles. The average Bonchev–Trinajstić information content (AvgIpc) is 3.17. The molecule has 0 spiro atoms. The Morgan fingerprint density at radius 1 is 1.32 bits per heavy atom. The molecule has 0 bridgehead atoms. The molecule has 4 N–H and O–H groups in total. The number of rotatable bonds is 5. The summed E-state index contributed by atoms with van der Waals surface area (Å²) in [6.07, 6.45) is 2.23. The zero-order valence-electron chi connectivity index (χ0n) is 11.0. The van der Waals surface area contributed by atoms with Gasteiger partial charge in [0.2, 0.25) is 11.8 Å². The van der Waals surface area contributed by atoms with E-state index in [2.05, 4.69) is 10.6 Å². The molecule has 1 fully saturated rings. The molecule has 1 aliphatic rings. The molecule has 2 rings (SSSR count). The van der Waals surface area contributed by atoms with E-state index in [-0.39, 0.29) is 24.2 Å². The van der Waals surface area contributed by atoms with E-state index in [4.69, 9.17) is 5.73 Å². The minimum Gasteiger partial charge on any atom is -0.330 e. The molecule has 19 heavy (non-hydrogen) atoms. The summed E-state index contributed by atoms with van der Waals surface area (Å²) in [5.41, 5.74) is 7.72. The maximum atomic E-state index is 11.7. The van der Waals surface area contributed by atoms with Gasteiger partial charge in [-0.3, -0.25) is 9.59 Å². The lowest BCUT2D eigenvalue weighted by atomic mass is 10.1. The Balaban J connectivity index is 2.05. The molecule has 1 aliphatic carbocycles. The summed E-state index contributed by atoms with van der Waals surface area (Å²) in [6.45, 7) is 2.23. The summed E-state index contributed by atoms with van der Waals surface area (Å²) in [6, 6.07) is 5.50. The van der Waals surface area contributed by atoms with E-state index in [1.165, 1.54) is 0 Å². The Morgan fingerprint density at radius 3 is 2.68 bits per heavy atom. The van der Waals surface area contributed by atoms with Gasteiger partial charge in [-0.25, -0.2) is 0 Å². The summed E-state index contributed by atoms with van der Waals surface area (Å²) in [4.78, 5) is 23.2. The van der Waals surface area contributed by atoms with Crippen molar-refractivity contribution in [3.63, 3.8) is 0 Å². The van der Waals surface area contributed by atoms with Crippen LogP contribution in [0.4, 0.5) is 11.4 Å². The van der Waals surface area contributed by atoms with Crippen molar-refractivity contribution < 1.29 is 9.59 Å². The average molecular weight is 261 g/mol. The zero-order chi connectivity index (χ0) is 13.8. The van der Waals surface area contributed by atoms with E-state index in [0.29, 0.717) is 17.9 Å². The summed E-state index contributed by atoms with van der Waals surface area (Å²) in [5.74, 6) is 0.107. The van der Waals surface area contributed by atoms with Gasteiger partial charge < -0.3 is 16.4 Å². The minimum atomic E-state index is -0.115. The van der Waals surface area contributed by atoms with Gasteiger partial charge in [-0.05, 0) is 37.5 Å². The molecule has 0 saturated heterocycles. The van der Waals surface area contributed by atoms with Crippen LogP contribution in [-0.2, 0) is 9.59 Å². The van der Waals surface area contributed by atoms with Crippen LogP contribution in [0.5, 0.6) is 0 Å². The molecule has 1 aromatic rings. The van der Waals surface area contributed by atoms with Crippen LogP contribution >= 0.6 is 0 Å². The monoisotopic (exact) mass is 261 g/mol. The van der Waals surface area contributed by atoms with Crippen LogP contribution in [0.3, 0.4) is 0 Å². The highest BCUT2D eigenvalue weighted by Gasteiger charge is 2.29. The predicted octanol–water partition coefficient (Wildman–Crippen LogP) is 1.63. The van der Waals surface area contributed by atoms with Gasteiger partial charge in [0.15, 0.2) is 0 Å². The first-order valence-corrected chi connectivity index (χ1v) is 6.51. The normalized spacial score (nSPS) is 14.0. The topological polar surface area (TPSA) is 84.2 Å². The molecule has 0 heterocycles. The van der Waals surface area contributed by atoms with Gasteiger partial charge in [0.05, 0.1) is 0 Å². The molecular formula is C14H19N3O2. The van der Waals surface area contributed by atoms with E-state index in [1.807, 2.05) is 19.1 Å². The summed E-state index contributed by atoms with van der Waals surface area (Å²) < 4.78 is 0. The number of amides is 2. The summed E-state index contributed by atoms with van der Waals surface area (Å²) >= 11 is 0. The molecule has 1 saturated carbocycles. The Hall–Kier alpha value is -1.88. The van der Waals surface area contributed by atoms with Crippen molar-refractivity contribution in [1.82, 2.24) is 0 Å². The number of hydrogen-bond acceptors (Lipinski definition) is 3. The first-order valence-electron chi connectivity index (χ1n) is 6.51. The van der Waals surface area contributed by atoms with Crippen molar-refractivity contribution >= 4 is 23.2 Å². The van der Waals surface area contributed by atoms with Crippen LogP contribution in [-0.4, -0.2) is 18.4 Å². The van der Waals surface area contributed by atoms with Crippen molar-refractivity contribution in [1.29, 1.82) is 0 Å².